The Hall–Kier alpha value is -1.66. The van der Waals surface area contributed by atoms with Crippen molar-refractivity contribution in [2.45, 2.75) is 16.2 Å². The summed E-state index contributed by atoms with van der Waals surface area (Å²) in [4.78, 5) is 12.3. The minimum Gasteiger partial charge on any atom is -0.422 e. The molecule has 0 saturated heterocycles. The maximum Gasteiger partial charge on any atom is 0.350 e. The fraction of sp³-hybridized carbons (Fsp3) is 0.0833. The monoisotopic (exact) mass is 276 g/mol. The number of fused-ring (bicyclic) bond motifs is 1. The van der Waals surface area contributed by atoms with E-state index in [4.69, 9.17) is 4.42 Å². The first kappa shape index (κ1) is 11.4. The lowest BCUT2D eigenvalue weighted by atomic mass is 10.2. The van der Waals surface area contributed by atoms with E-state index in [0.717, 1.165) is 14.7 Å². The quantitative estimate of drug-likeness (QED) is 0.673. The van der Waals surface area contributed by atoms with Crippen LogP contribution in [0, 0.1) is 6.92 Å². The Morgan fingerprint density at radius 2 is 2.11 bits per heavy atom. The van der Waals surface area contributed by atoms with E-state index in [1.165, 1.54) is 23.1 Å². The fourth-order valence-corrected chi connectivity index (χ4v) is 3.32. The van der Waals surface area contributed by atoms with Crippen LogP contribution in [-0.2, 0) is 0 Å². The molecular formula is C12H8N2O2S2. The van der Waals surface area contributed by atoms with Gasteiger partial charge in [-0.15, -0.1) is 10.2 Å². The van der Waals surface area contributed by atoms with Crippen LogP contribution in [0.4, 0.5) is 0 Å². The number of hydrogen-bond donors (Lipinski definition) is 0. The summed E-state index contributed by atoms with van der Waals surface area (Å²) >= 11 is 2.75. The van der Waals surface area contributed by atoms with Crippen molar-refractivity contribution in [1.29, 1.82) is 0 Å². The Morgan fingerprint density at radius 3 is 2.89 bits per heavy atom. The molecule has 3 aromatic rings. The molecule has 0 aliphatic rings. The summed E-state index contributed by atoms with van der Waals surface area (Å²) in [6, 6.07) is 9.26. The molecule has 0 amide bonds. The molecule has 4 nitrogen and oxygen atoms in total. The van der Waals surface area contributed by atoms with Gasteiger partial charge in [0.1, 0.15) is 15.5 Å². The van der Waals surface area contributed by atoms with Gasteiger partial charge in [0.15, 0.2) is 4.34 Å². The highest BCUT2D eigenvalue weighted by atomic mass is 32.2. The highest BCUT2D eigenvalue weighted by molar-refractivity contribution is 8.01. The first-order chi connectivity index (χ1) is 8.72. The summed E-state index contributed by atoms with van der Waals surface area (Å²) in [5.41, 5.74) is 0.256. The molecule has 3 rings (SSSR count). The van der Waals surface area contributed by atoms with E-state index in [9.17, 15) is 4.79 Å². The number of aromatic nitrogens is 2. The second-order valence-electron chi connectivity index (χ2n) is 3.62. The smallest absolute Gasteiger partial charge is 0.350 e. The minimum atomic E-state index is -0.341. The fourth-order valence-electron chi connectivity index (χ4n) is 1.53. The summed E-state index contributed by atoms with van der Waals surface area (Å²) < 4.78 is 6.00. The van der Waals surface area contributed by atoms with Crippen molar-refractivity contribution in [2.24, 2.45) is 0 Å². The zero-order chi connectivity index (χ0) is 12.5. The van der Waals surface area contributed by atoms with Gasteiger partial charge < -0.3 is 4.42 Å². The molecule has 2 aromatic heterocycles. The van der Waals surface area contributed by atoms with Gasteiger partial charge in [-0.1, -0.05) is 29.5 Å². The number of rotatable bonds is 2. The normalized spacial score (nSPS) is 10.9. The number of para-hydroxylation sites is 1. The third-order valence-electron chi connectivity index (χ3n) is 2.31. The van der Waals surface area contributed by atoms with Gasteiger partial charge in [-0.2, -0.15) is 0 Å². The Balaban J connectivity index is 2.06. The molecule has 0 atom stereocenters. The third-order valence-corrected chi connectivity index (χ3v) is 4.21. The zero-order valence-corrected chi connectivity index (χ0v) is 11.0. The molecule has 0 fully saturated rings. The van der Waals surface area contributed by atoms with Gasteiger partial charge in [0, 0.05) is 5.39 Å². The van der Waals surface area contributed by atoms with E-state index < -0.39 is 0 Å². The molecule has 90 valence electrons. The van der Waals surface area contributed by atoms with E-state index >= 15 is 0 Å². The molecule has 0 aliphatic heterocycles. The molecule has 1 aromatic carbocycles. The average molecular weight is 276 g/mol. The van der Waals surface area contributed by atoms with Crippen LogP contribution < -0.4 is 5.63 Å². The van der Waals surface area contributed by atoms with Gasteiger partial charge in [0.2, 0.25) is 0 Å². The van der Waals surface area contributed by atoms with E-state index in [0.29, 0.717) is 10.5 Å². The van der Waals surface area contributed by atoms with Crippen LogP contribution in [0.2, 0.25) is 0 Å². The summed E-state index contributed by atoms with van der Waals surface area (Å²) in [6.07, 6.45) is 0. The zero-order valence-electron chi connectivity index (χ0n) is 9.41. The van der Waals surface area contributed by atoms with E-state index in [1.807, 2.05) is 31.2 Å². The maximum atomic E-state index is 11.8. The average Bonchev–Trinajstić information content (AvgIpc) is 2.76. The van der Waals surface area contributed by atoms with Crippen molar-refractivity contribution >= 4 is 34.1 Å². The van der Waals surface area contributed by atoms with Crippen molar-refractivity contribution in [1.82, 2.24) is 10.2 Å². The molecule has 6 heteroatoms. The summed E-state index contributed by atoms with van der Waals surface area (Å²) in [6.45, 7) is 1.88. The van der Waals surface area contributed by atoms with E-state index in [2.05, 4.69) is 10.2 Å². The van der Waals surface area contributed by atoms with Gasteiger partial charge in [0.05, 0.1) is 0 Å². The summed E-state index contributed by atoms with van der Waals surface area (Å²) in [5.74, 6) is 0. The van der Waals surface area contributed by atoms with E-state index in [-0.39, 0.29) is 5.63 Å². The van der Waals surface area contributed by atoms with Crippen molar-refractivity contribution in [3.05, 3.63) is 45.8 Å². The predicted molar refractivity (Wildman–Crippen MR) is 71.3 cm³/mol. The maximum absolute atomic E-state index is 11.8. The van der Waals surface area contributed by atoms with Crippen LogP contribution in [0.25, 0.3) is 11.0 Å². The summed E-state index contributed by atoms with van der Waals surface area (Å²) in [7, 11) is 0. The Labute approximate surface area is 111 Å². The van der Waals surface area contributed by atoms with Gasteiger partial charge in [-0.05, 0) is 30.8 Å². The van der Waals surface area contributed by atoms with Crippen LogP contribution in [-0.4, -0.2) is 10.2 Å². The molecule has 0 bridgehead atoms. The van der Waals surface area contributed by atoms with Crippen molar-refractivity contribution in [3.8, 4) is 0 Å². The van der Waals surface area contributed by atoms with Gasteiger partial charge in [-0.25, -0.2) is 4.79 Å². The molecule has 2 heterocycles. The van der Waals surface area contributed by atoms with Crippen molar-refractivity contribution in [2.75, 3.05) is 0 Å². The minimum absolute atomic E-state index is 0.341. The highest BCUT2D eigenvalue weighted by Gasteiger charge is 2.09. The van der Waals surface area contributed by atoms with Crippen molar-refractivity contribution < 1.29 is 4.42 Å². The Morgan fingerprint density at radius 1 is 1.28 bits per heavy atom. The number of nitrogens with zero attached hydrogens (tertiary/aromatic N) is 2. The van der Waals surface area contributed by atoms with Crippen LogP contribution in [0.5, 0.6) is 0 Å². The lowest BCUT2D eigenvalue weighted by Crippen LogP contribution is -2.00. The largest absolute Gasteiger partial charge is 0.422 e. The molecule has 0 radical (unpaired) electrons. The molecule has 0 saturated carbocycles. The lowest BCUT2D eigenvalue weighted by molar-refractivity contribution is 0.544. The summed E-state index contributed by atoms with van der Waals surface area (Å²) in [5, 5.41) is 9.68. The van der Waals surface area contributed by atoms with Crippen LogP contribution in [0.3, 0.4) is 0 Å². The second-order valence-corrected chi connectivity index (χ2v) is 6.10. The van der Waals surface area contributed by atoms with Gasteiger partial charge in [0.25, 0.3) is 0 Å². The van der Waals surface area contributed by atoms with Gasteiger partial charge in [-0.3, -0.25) is 0 Å². The molecule has 0 aliphatic carbocycles. The third kappa shape index (κ3) is 2.16. The molecule has 0 N–H and O–H groups in total. The number of aryl methyl sites for hydroxylation is 1. The first-order valence-electron chi connectivity index (χ1n) is 5.23. The molecule has 0 spiro atoms. The van der Waals surface area contributed by atoms with Crippen LogP contribution in [0.15, 0.2) is 48.8 Å². The lowest BCUT2D eigenvalue weighted by Gasteiger charge is -1.98. The first-order valence-corrected chi connectivity index (χ1v) is 6.86. The SMILES string of the molecule is Cc1nnc(Sc2cc3ccccc3oc2=O)s1. The standard InChI is InChI=1S/C12H8N2O2S2/c1-7-13-14-12(17-7)18-10-6-8-4-2-3-5-9(8)16-11(10)15/h2-6H,1H3. The molecule has 0 unspecified atom stereocenters. The number of benzene rings is 1. The highest BCUT2D eigenvalue weighted by Crippen LogP contribution is 2.29. The Bertz CT molecular complexity index is 764. The van der Waals surface area contributed by atoms with Crippen LogP contribution in [0.1, 0.15) is 5.01 Å². The molecular weight excluding hydrogens is 268 g/mol. The molecule has 18 heavy (non-hydrogen) atoms. The van der Waals surface area contributed by atoms with E-state index in [1.54, 1.807) is 6.07 Å². The van der Waals surface area contributed by atoms with Gasteiger partial charge >= 0.3 is 5.63 Å². The predicted octanol–water partition coefficient (Wildman–Crippen LogP) is 3.10. The number of hydrogen-bond acceptors (Lipinski definition) is 6. The van der Waals surface area contributed by atoms with Crippen LogP contribution >= 0.6 is 23.1 Å². The van der Waals surface area contributed by atoms with Crippen molar-refractivity contribution in [3.63, 3.8) is 0 Å². The topological polar surface area (TPSA) is 56.0 Å². The second kappa shape index (κ2) is 4.55. The Kier molecular flexibility index (Phi) is 2.89.